The molecule has 0 spiro atoms. The van der Waals surface area contributed by atoms with E-state index in [-0.39, 0.29) is 12.8 Å². The Balaban J connectivity index is 4.83. The number of carboxylic acids is 2. The lowest BCUT2D eigenvalue weighted by atomic mass is 9.74. The van der Waals surface area contributed by atoms with Gasteiger partial charge in [0.1, 0.15) is 0 Å². The molecule has 0 heterocycles. The van der Waals surface area contributed by atoms with Crippen LogP contribution in [-0.4, -0.2) is 55.1 Å². The van der Waals surface area contributed by atoms with E-state index in [0.29, 0.717) is 12.8 Å². The van der Waals surface area contributed by atoms with E-state index in [1.165, 1.54) is 38.5 Å². The first kappa shape index (κ1) is 34.2. The summed E-state index contributed by atoms with van der Waals surface area (Å²) in [5.74, 6) is -7.17. The highest BCUT2D eigenvalue weighted by Crippen LogP contribution is 2.30. The van der Waals surface area contributed by atoms with Crippen molar-refractivity contribution < 1.29 is 39.6 Å². The van der Waals surface area contributed by atoms with Crippen molar-refractivity contribution in [3.63, 3.8) is 0 Å². The molecule has 0 saturated heterocycles. The molecule has 0 rings (SSSR count). The van der Waals surface area contributed by atoms with Crippen molar-refractivity contribution in [3.8, 4) is 0 Å². The maximum Gasteiger partial charge on any atom is 0.347 e. The van der Waals surface area contributed by atoms with E-state index in [9.17, 15) is 39.6 Å². The summed E-state index contributed by atoms with van der Waals surface area (Å²) >= 11 is 0. The maximum atomic E-state index is 12.7. The van der Waals surface area contributed by atoms with Crippen molar-refractivity contribution in [1.29, 1.82) is 0 Å². The topological polar surface area (TPSA) is 149 Å². The van der Waals surface area contributed by atoms with Gasteiger partial charge in [0.25, 0.3) is 11.2 Å². The molecule has 0 aliphatic heterocycles. The Morgan fingerprint density at radius 3 is 0.889 bits per heavy atom. The summed E-state index contributed by atoms with van der Waals surface area (Å²) in [5, 5.41) is 40.5. The molecule has 8 heteroatoms. The minimum atomic E-state index is -3.73. The van der Waals surface area contributed by atoms with Crippen molar-refractivity contribution in [3.05, 3.63) is 0 Å². The van der Waals surface area contributed by atoms with Crippen LogP contribution in [0, 0.1) is 0 Å². The van der Waals surface area contributed by atoms with Gasteiger partial charge in [-0.15, -0.1) is 0 Å². The largest absolute Gasteiger partial charge is 0.479 e. The van der Waals surface area contributed by atoms with Crippen LogP contribution < -0.4 is 0 Å². The van der Waals surface area contributed by atoms with Crippen molar-refractivity contribution in [2.24, 2.45) is 0 Å². The maximum absolute atomic E-state index is 12.7. The summed E-state index contributed by atoms with van der Waals surface area (Å²) in [6.45, 7) is 4.29. The molecule has 0 aromatic carbocycles. The Labute approximate surface area is 216 Å². The molecule has 210 valence electrons. The molecule has 0 aliphatic carbocycles. The average molecular weight is 515 g/mol. The normalized spacial score (nSPS) is 14.7. The van der Waals surface area contributed by atoms with Gasteiger partial charge in [-0.3, -0.25) is 9.59 Å². The predicted octanol–water partition coefficient (Wildman–Crippen LogP) is 5.60. The third kappa shape index (κ3) is 11.1. The fourth-order valence-corrected chi connectivity index (χ4v) is 4.51. The Hall–Kier alpha value is -1.80. The first-order valence-electron chi connectivity index (χ1n) is 14.1. The quantitative estimate of drug-likeness (QED) is 0.0908. The highest BCUT2D eigenvalue weighted by Gasteiger charge is 2.68. The molecular weight excluding hydrogens is 464 g/mol. The minimum absolute atomic E-state index is 0.242. The van der Waals surface area contributed by atoms with Crippen molar-refractivity contribution in [2.45, 2.75) is 153 Å². The molecule has 0 unspecified atom stereocenters. The number of ketones is 2. The standard InChI is InChI=1S/C28H50O8/c1-3-5-7-9-11-13-15-17-19-21-23(29)27(35,25(31)32)28(36,26(33)34)24(30)22-20-18-16-14-12-10-8-6-4-2/h35-36H,3-22H2,1-2H3,(H,31,32)(H,33,34)/t27-,28-/m1/s1. The zero-order chi connectivity index (χ0) is 27.5. The summed E-state index contributed by atoms with van der Waals surface area (Å²) in [5.41, 5.74) is -7.45. The number of hydrogen-bond acceptors (Lipinski definition) is 6. The van der Waals surface area contributed by atoms with Gasteiger partial charge in [-0.05, 0) is 12.8 Å². The van der Waals surface area contributed by atoms with E-state index >= 15 is 0 Å². The molecule has 0 saturated carbocycles. The number of Topliss-reactive ketones (excluding diaryl/α,β-unsaturated/α-hetero) is 2. The SMILES string of the molecule is CCCCCCCCCCCC(=O)[C@@](O)(C(=O)O)[C@](O)(C(=O)O)C(=O)CCCCCCCCCCC. The number of carboxylic acid groups (broad SMARTS) is 2. The van der Waals surface area contributed by atoms with Crippen LogP contribution in [0.15, 0.2) is 0 Å². The summed E-state index contributed by atoms with van der Waals surface area (Å²) in [6.07, 6.45) is 15.9. The Kier molecular flexibility index (Phi) is 18.4. The molecule has 8 nitrogen and oxygen atoms in total. The average Bonchev–Trinajstić information content (AvgIpc) is 2.84. The van der Waals surface area contributed by atoms with E-state index < -0.39 is 47.5 Å². The molecule has 0 radical (unpaired) electrons. The molecule has 0 bridgehead atoms. The fraction of sp³-hybridized carbons (Fsp3) is 0.857. The van der Waals surface area contributed by atoms with Gasteiger partial charge in [0.15, 0.2) is 11.6 Å². The van der Waals surface area contributed by atoms with Crippen molar-refractivity contribution in [2.75, 3.05) is 0 Å². The van der Waals surface area contributed by atoms with E-state index in [1.54, 1.807) is 0 Å². The molecule has 36 heavy (non-hydrogen) atoms. The zero-order valence-corrected chi connectivity index (χ0v) is 22.6. The Morgan fingerprint density at radius 1 is 0.444 bits per heavy atom. The van der Waals surface area contributed by atoms with Gasteiger partial charge in [-0.2, -0.15) is 0 Å². The van der Waals surface area contributed by atoms with Crippen LogP contribution >= 0.6 is 0 Å². The van der Waals surface area contributed by atoms with Crippen LogP contribution in [-0.2, 0) is 19.2 Å². The highest BCUT2D eigenvalue weighted by molar-refractivity contribution is 6.21. The fourth-order valence-electron chi connectivity index (χ4n) is 4.51. The lowest BCUT2D eigenvalue weighted by Crippen LogP contribution is -2.71. The number of carbonyl (C=O) groups is 4. The molecular formula is C28H50O8. The molecule has 0 fully saturated rings. The van der Waals surface area contributed by atoms with E-state index in [1.807, 2.05) is 0 Å². The number of unbranched alkanes of at least 4 members (excludes halogenated alkanes) is 16. The molecule has 0 amide bonds. The van der Waals surface area contributed by atoms with Gasteiger partial charge in [0.05, 0.1) is 0 Å². The van der Waals surface area contributed by atoms with Crippen LogP contribution in [0.25, 0.3) is 0 Å². The first-order chi connectivity index (χ1) is 17.1. The third-order valence-corrected chi connectivity index (χ3v) is 6.96. The first-order valence-corrected chi connectivity index (χ1v) is 14.1. The second-order valence-electron chi connectivity index (χ2n) is 10.0. The van der Waals surface area contributed by atoms with Gasteiger partial charge < -0.3 is 20.4 Å². The van der Waals surface area contributed by atoms with Crippen LogP contribution in [0.5, 0.6) is 0 Å². The van der Waals surface area contributed by atoms with E-state index in [2.05, 4.69) is 13.8 Å². The van der Waals surface area contributed by atoms with Crippen LogP contribution in [0.2, 0.25) is 0 Å². The molecule has 4 N–H and O–H groups in total. The third-order valence-electron chi connectivity index (χ3n) is 6.96. The second kappa shape index (κ2) is 19.3. The molecule has 0 aliphatic rings. The number of rotatable bonds is 25. The van der Waals surface area contributed by atoms with Crippen molar-refractivity contribution >= 4 is 23.5 Å². The molecule has 2 atom stereocenters. The monoisotopic (exact) mass is 514 g/mol. The number of carbonyl (C=O) groups excluding carboxylic acids is 2. The van der Waals surface area contributed by atoms with Crippen LogP contribution in [0.3, 0.4) is 0 Å². The van der Waals surface area contributed by atoms with E-state index in [4.69, 9.17) is 0 Å². The Morgan fingerprint density at radius 2 is 0.667 bits per heavy atom. The zero-order valence-electron chi connectivity index (χ0n) is 22.6. The minimum Gasteiger partial charge on any atom is -0.479 e. The van der Waals surface area contributed by atoms with Gasteiger partial charge in [0.2, 0.25) is 0 Å². The number of aliphatic carboxylic acids is 2. The summed E-state index contributed by atoms with van der Waals surface area (Å²) in [6, 6.07) is 0. The van der Waals surface area contributed by atoms with Gasteiger partial charge in [-0.1, -0.05) is 117 Å². The molecule has 0 aromatic heterocycles. The van der Waals surface area contributed by atoms with Crippen LogP contribution in [0.1, 0.15) is 142 Å². The highest BCUT2D eigenvalue weighted by atomic mass is 16.5. The Bertz CT molecular complexity index is 606. The number of hydrogen-bond donors (Lipinski definition) is 4. The van der Waals surface area contributed by atoms with Gasteiger partial charge in [-0.25, -0.2) is 9.59 Å². The van der Waals surface area contributed by atoms with Gasteiger partial charge in [0, 0.05) is 12.8 Å². The summed E-state index contributed by atoms with van der Waals surface area (Å²) in [7, 11) is 0. The van der Waals surface area contributed by atoms with Gasteiger partial charge >= 0.3 is 11.9 Å². The second-order valence-corrected chi connectivity index (χ2v) is 10.0. The van der Waals surface area contributed by atoms with Crippen molar-refractivity contribution in [1.82, 2.24) is 0 Å². The summed E-state index contributed by atoms with van der Waals surface area (Å²) < 4.78 is 0. The predicted molar refractivity (Wildman–Crippen MR) is 139 cm³/mol. The summed E-state index contributed by atoms with van der Waals surface area (Å²) in [4.78, 5) is 49.1. The smallest absolute Gasteiger partial charge is 0.347 e. The number of aliphatic hydroxyl groups is 2. The lowest BCUT2D eigenvalue weighted by molar-refractivity contribution is -0.207. The van der Waals surface area contributed by atoms with E-state index in [0.717, 1.165) is 51.4 Å². The lowest BCUT2D eigenvalue weighted by Gasteiger charge is -2.34. The van der Waals surface area contributed by atoms with Crippen LogP contribution in [0.4, 0.5) is 0 Å². The molecule has 0 aromatic rings.